The average molecular weight is 744 g/mol. The van der Waals surface area contributed by atoms with Gasteiger partial charge in [0.25, 0.3) is 0 Å². The fraction of sp³-hybridized carbons (Fsp3) is 0.250. The van der Waals surface area contributed by atoms with Crippen LogP contribution in [0.2, 0.25) is 0 Å². The number of nitrogens with zero attached hydrogens (tertiary/aromatic N) is 1. The number of hydrogen-bond donors (Lipinski definition) is 2. The Morgan fingerprint density at radius 3 is 2.24 bits per heavy atom. The summed E-state index contributed by atoms with van der Waals surface area (Å²) in [5.74, 6) is 1.30. The number of benzene rings is 5. The molecule has 0 fully saturated rings. The van der Waals surface area contributed by atoms with E-state index in [-0.39, 0.29) is 30.8 Å². The van der Waals surface area contributed by atoms with Crippen molar-refractivity contribution in [2.75, 3.05) is 13.7 Å². The number of esters is 1. The molecule has 0 aromatic heterocycles. The van der Waals surface area contributed by atoms with Gasteiger partial charge in [-0.05, 0) is 107 Å². The van der Waals surface area contributed by atoms with Crippen molar-refractivity contribution in [3.8, 4) is 34.4 Å². The second-order valence-electron chi connectivity index (χ2n) is 13.6. The molecule has 5 aromatic carbocycles. The highest BCUT2D eigenvalue weighted by Crippen LogP contribution is 2.40. The Morgan fingerprint density at radius 2 is 1.56 bits per heavy atom. The zero-order valence-corrected chi connectivity index (χ0v) is 31.2. The number of amides is 1. The maximum absolute atomic E-state index is 13.5. The summed E-state index contributed by atoms with van der Waals surface area (Å²) < 4.78 is 23.7. The molecule has 7 rings (SSSR count). The number of carbonyl (C=O) groups excluding carboxylic acids is 2. The summed E-state index contributed by atoms with van der Waals surface area (Å²) >= 11 is 0. The number of nitrogens with one attached hydrogen (secondary N) is 2. The van der Waals surface area contributed by atoms with Crippen molar-refractivity contribution >= 4 is 24.3 Å². The van der Waals surface area contributed by atoms with Gasteiger partial charge in [0.2, 0.25) is 5.91 Å². The lowest BCUT2D eigenvalue weighted by Crippen LogP contribution is -2.53. The van der Waals surface area contributed by atoms with Gasteiger partial charge >= 0.3 is 5.97 Å². The first-order chi connectivity index (χ1) is 25.8. The summed E-state index contributed by atoms with van der Waals surface area (Å²) in [7, 11) is 1.32. The summed E-state index contributed by atoms with van der Waals surface area (Å²) in [6, 6.07) is 34.1. The van der Waals surface area contributed by atoms with Gasteiger partial charge in [0, 0.05) is 13.0 Å². The van der Waals surface area contributed by atoms with E-state index in [2.05, 4.69) is 48.7 Å². The van der Waals surface area contributed by atoms with E-state index in [0.717, 1.165) is 44.7 Å². The van der Waals surface area contributed by atoms with Crippen LogP contribution in [0.1, 0.15) is 50.6 Å². The van der Waals surface area contributed by atoms with E-state index in [1.165, 1.54) is 18.2 Å². The van der Waals surface area contributed by atoms with Crippen molar-refractivity contribution in [1.29, 1.82) is 5.26 Å². The molecule has 0 radical (unpaired) electrons. The minimum atomic E-state index is -0.855. The Bertz CT molecular complexity index is 2160. The Kier molecular flexibility index (Phi) is 11.9. The van der Waals surface area contributed by atoms with Crippen molar-refractivity contribution < 1.29 is 28.5 Å². The van der Waals surface area contributed by atoms with Gasteiger partial charge in [-0.1, -0.05) is 66.7 Å². The summed E-state index contributed by atoms with van der Waals surface area (Å²) in [6.45, 7) is 5.52. The highest BCUT2D eigenvalue weighted by Gasteiger charge is 2.31. The third-order valence-corrected chi connectivity index (χ3v) is 9.98. The molecule has 2 heterocycles. The summed E-state index contributed by atoms with van der Waals surface area (Å²) in [5.41, 5.74) is 10.1. The lowest BCUT2D eigenvalue weighted by molar-refractivity contribution is -0.145. The third-order valence-electron chi connectivity index (χ3n) is 9.98. The van der Waals surface area contributed by atoms with Gasteiger partial charge in [0.05, 0.1) is 24.8 Å². The quantitative estimate of drug-likeness (QED) is 0.144. The van der Waals surface area contributed by atoms with Gasteiger partial charge in [-0.2, -0.15) is 5.26 Å². The molecular weight excluding hydrogens is 702 g/mol. The molecule has 54 heavy (non-hydrogen) atoms. The molecular formula is C44H42ClN3O6. The van der Waals surface area contributed by atoms with Crippen molar-refractivity contribution in [2.24, 2.45) is 0 Å². The summed E-state index contributed by atoms with van der Waals surface area (Å²) in [6.07, 6.45) is 0.433. The van der Waals surface area contributed by atoms with E-state index in [1.54, 1.807) is 12.1 Å². The summed E-state index contributed by atoms with van der Waals surface area (Å²) in [5, 5.41) is 15.3. The van der Waals surface area contributed by atoms with Gasteiger partial charge < -0.3 is 29.6 Å². The minimum Gasteiger partial charge on any atom is -0.489 e. The third kappa shape index (κ3) is 8.69. The molecule has 1 amide bonds. The second-order valence-corrected chi connectivity index (χ2v) is 13.6. The fourth-order valence-electron chi connectivity index (χ4n) is 6.68. The van der Waals surface area contributed by atoms with Crippen LogP contribution in [0, 0.1) is 25.2 Å². The minimum absolute atomic E-state index is 0. The molecule has 0 saturated heterocycles. The maximum atomic E-state index is 13.5. The molecule has 3 unspecified atom stereocenters. The van der Waals surface area contributed by atoms with E-state index in [4.69, 9.17) is 24.2 Å². The molecule has 2 aliphatic heterocycles. The van der Waals surface area contributed by atoms with E-state index in [1.807, 2.05) is 72.8 Å². The Labute approximate surface area is 321 Å². The van der Waals surface area contributed by atoms with Crippen LogP contribution in [0.15, 0.2) is 103 Å². The zero-order chi connectivity index (χ0) is 36.9. The standard InChI is InChI=1S/C44H41N3O6.ClH/c1-27-4-5-31(18-28(27)2)25-51-37-16-14-34(15-17-37)42-26-52-40-21-35-20-38(46-24-36(35)22-41(40)53-42)43(48)47-39(44(49)50-3)19-29-6-10-32(11-7-29)33-12-8-30(23-45)9-13-33;/h4-18,21-22,38-39,42,46H,19-20,24-26H2,1-3H3,(H,47,48);1H. The predicted molar refractivity (Wildman–Crippen MR) is 208 cm³/mol. The van der Waals surface area contributed by atoms with Gasteiger partial charge in [0.15, 0.2) is 17.6 Å². The number of halogens is 1. The lowest BCUT2D eigenvalue weighted by Gasteiger charge is -2.31. The Balaban J connectivity index is 0.00000497. The molecule has 276 valence electrons. The van der Waals surface area contributed by atoms with Crippen molar-refractivity contribution in [3.05, 3.63) is 148 Å². The number of aryl methyl sites for hydroxylation is 2. The molecule has 2 aliphatic rings. The number of carbonyl (C=O) groups is 2. The molecule has 9 nitrogen and oxygen atoms in total. The molecule has 0 bridgehead atoms. The predicted octanol–water partition coefficient (Wildman–Crippen LogP) is 7.27. The number of fused-ring (bicyclic) bond motifs is 2. The first-order valence-electron chi connectivity index (χ1n) is 17.7. The smallest absolute Gasteiger partial charge is 0.328 e. The van der Waals surface area contributed by atoms with Crippen LogP contribution in [-0.2, 0) is 40.3 Å². The van der Waals surface area contributed by atoms with Crippen molar-refractivity contribution in [3.63, 3.8) is 0 Å². The van der Waals surface area contributed by atoms with Crippen LogP contribution in [0.3, 0.4) is 0 Å². The molecule has 3 atom stereocenters. The molecule has 5 aromatic rings. The van der Waals surface area contributed by atoms with Crippen LogP contribution in [0.4, 0.5) is 0 Å². The molecule has 0 aliphatic carbocycles. The largest absolute Gasteiger partial charge is 0.489 e. The van der Waals surface area contributed by atoms with Crippen LogP contribution in [-0.4, -0.2) is 37.7 Å². The number of methoxy groups -OCH3 is 1. The normalized spacial score (nSPS) is 16.1. The SMILES string of the molecule is COC(=O)C(Cc1ccc(-c2ccc(C#N)cc2)cc1)NC(=O)C1Cc2cc3c(cc2CN1)OC(c1ccc(OCc2ccc(C)c(C)c2)cc1)CO3.Cl. The van der Waals surface area contributed by atoms with E-state index < -0.39 is 18.1 Å². The van der Waals surface area contributed by atoms with Gasteiger partial charge in [0.1, 0.15) is 25.0 Å². The highest BCUT2D eigenvalue weighted by atomic mass is 35.5. The van der Waals surface area contributed by atoms with Crippen molar-refractivity contribution in [2.45, 2.75) is 58.0 Å². The number of rotatable bonds is 10. The van der Waals surface area contributed by atoms with E-state index in [9.17, 15) is 9.59 Å². The first kappa shape index (κ1) is 37.9. The van der Waals surface area contributed by atoms with E-state index in [0.29, 0.717) is 43.2 Å². The second kappa shape index (κ2) is 16.9. The Morgan fingerprint density at radius 1 is 0.870 bits per heavy atom. The summed E-state index contributed by atoms with van der Waals surface area (Å²) in [4.78, 5) is 26.3. The Hall–Kier alpha value is -5.82. The topological polar surface area (TPSA) is 119 Å². The molecule has 2 N–H and O–H groups in total. The lowest BCUT2D eigenvalue weighted by atomic mass is 9.94. The zero-order valence-electron chi connectivity index (χ0n) is 30.4. The number of ether oxygens (including phenoxy) is 4. The number of hydrogen-bond acceptors (Lipinski definition) is 8. The number of nitriles is 1. The fourth-order valence-corrected chi connectivity index (χ4v) is 6.68. The van der Waals surface area contributed by atoms with Gasteiger partial charge in [-0.25, -0.2) is 4.79 Å². The average Bonchev–Trinajstić information content (AvgIpc) is 3.20. The maximum Gasteiger partial charge on any atom is 0.328 e. The van der Waals surface area contributed by atoms with Crippen LogP contribution >= 0.6 is 12.4 Å². The highest BCUT2D eigenvalue weighted by molar-refractivity contribution is 5.88. The van der Waals surface area contributed by atoms with E-state index >= 15 is 0 Å². The van der Waals surface area contributed by atoms with Gasteiger partial charge in [-0.15, -0.1) is 12.4 Å². The van der Waals surface area contributed by atoms with Crippen LogP contribution in [0.25, 0.3) is 11.1 Å². The first-order valence-corrected chi connectivity index (χ1v) is 17.7. The monoisotopic (exact) mass is 743 g/mol. The van der Waals surface area contributed by atoms with Crippen LogP contribution < -0.4 is 24.8 Å². The molecule has 10 heteroatoms. The molecule has 0 spiro atoms. The molecule has 0 saturated carbocycles. The van der Waals surface area contributed by atoms with Gasteiger partial charge in [-0.3, -0.25) is 4.79 Å². The van der Waals surface area contributed by atoms with Crippen molar-refractivity contribution in [1.82, 2.24) is 10.6 Å². The van der Waals surface area contributed by atoms with Crippen LogP contribution in [0.5, 0.6) is 17.2 Å².